The van der Waals surface area contributed by atoms with Crippen molar-refractivity contribution in [2.45, 2.75) is 40.2 Å². The predicted molar refractivity (Wildman–Crippen MR) is 118 cm³/mol. The Morgan fingerprint density at radius 2 is 1.93 bits per heavy atom. The molecular weight excluding hydrogens is 380 g/mol. The number of hydrogen-bond acceptors (Lipinski definition) is 4. The molecule has 4 rings (SSSR count). The van der Waals surface area contributed by atoms with Crippen molar-refractivity contribution in [3.05, 3.63) is 75.2 Å². The molecule has 0 aliphatic rings. The number of carbonyl (C=O) groups is 1. The maximum absolute atomic E-state index is 13.2. The molecule has 0 aliphatic heterocycles. The van der Waals surface area contributed by atoms with Crippen LogP contribution in [0.2, 0.25) is 0 Å². The molecule has 3 heterocycles. The van der Waals surface area contributed by atoms with E-state index in [0.717, 1.165) is 33.8 Å². The molecule has 6 heteroatoms. The quantitative estimate of drug-likeness (QED) is 0.492. The third-order valence-corrected chi connectivity index (χ3v) is 6.05. The zero-order valence-electron chi connectivity index (χ0n) is 17.1. The van der Waals surface area contributed by atoms with E-state index in [1.54, 1.807) is 11.3 Å². The van der Waals surface area contributed by atoms with Gasteiger partial charge in [0, 0.05) is 10.6 Å². The minimum atomic E-state index is -0.0905. The number of carbonyl (C=O) groups excluding carboxylic acids is 1. The summed E-state index contributed by atoms with van der Waals surface area (Å²) in [6.45, 7) is 7.98. The molecule has 0 bridgehead atoms. The second-order valence-electron chi connectivity index (χ2n) is 7.29. The van der Waals surface area contributed by atoms with Gasteiger partial charge in [-0.1, -0.05) is 30.7 Å². The fourth-order valence-electron chi connectivity index (χ4n) is 3.56. The molecule has 5 nitrogen and oxygen atoms in total. The largest absolute Gasteiger partial charge is 0.344 e. The van der Waals surface area contributed by atoms with Crippen LogP contribution in [0, 0.1) is 20.8 Å². The Labute approximate surface area is 174 Å². The van der Waals surface area contributed by atoms with Crippen molar-refractivity contribution in [2.24, 2.45) is 0 Å². The van der Waals surface area contributed by atoms with Crippen LogP contribution in [0.4, 0.5) is 0 Å². The summed E-state index contributed by atoms with van der Waals surface area (Å²) in [4.78, 5) is 19.1. The number of nitrogens with one attached hydrogen (secondary N) is 1. The van der Waals surface area contributed by atoms with E-state index in [4.69, 9.17) is 10.1 Å². The van der Waals surface area contributed by atoms with Crippen molar-refractivity contribution in [3.63, 3.8) is 0 Å². The van der Waals surface area contributed by atoms with Crippen LogP contribution in [0.5, 0.6) is 0 Å². The Balaban J connectivity index is 1.79. The molecule has 29 heavy (non-hydrogen) atoms. The van der Waals surface area contributed by atoms with Crippen LogP contribution in [0.1, 0.15) is 51.6 Å². The molecule has 1 atom stereocenters. The summed E-state index contributed by atoms with van der Waals surface area (Å²) in [6, 6.07) is 14.1. The van der Waals surface area contributed by atoms with Crippen LogP contribution in [0.15, 0.2) is 47.8 Å². The number of aromatic nitrogens is 3. The highest BCUT2D eigenvalue weighted by Gasteiger charge is 2.22. The molecule has 1 amide bonds. The lowest BCUT2D eigenvalue weighted by atomic mass is 10.1. The second-order valence-corrected chi connectivity index (χ2v) is 8.27. The fourth-order valence-corrected chi connectivity index (χ4v) is 4.42. The standard InChI is InChI=1S/C23H24N4OS/c1-5-19(20-7-6-12-29-20)25-23(28)18-13-15(3)24-22-21(18)16(4)26-27(22)17-10-8-14(2)9-11-17/h6-13,19H,5H2,1-4H3,(H,25,28)/t19-/m0/s1. The Morgan fingerprint density at radius 3 is 2.59 bits per heavy atom. The van der Waals surface area contributed by atoms with E-state index < -0.39 is 0 Å². The van der Waals surface area contributed by atoms with Crippen LogP contribution in [0.3, 0.4) is 0 Å². The summed E-state index contributed by atoms with van der Waals surface area (Å²) in [5, 5.41) is 10.7. The van der Waals surface area contributed by atoms with Gasteiger partial charge in [-0.25, -0.2) is 9.67 Å². The van der Waals surface area contributed by atoms with E-state index in [-0.39, 0.29) is 11.9 Å². The van der Waals surface area contributed by atoms with Crippen molar-refractivity contribution in [1.82, 2.24) is 20.1 Å². The first-order valence-electron chi connectivity index (χ1n) is 9.76. The summed E-state index contributed by atoms with van der Waals surface area (Å²) < 4.78 is 1.82. The number of benzene rings is 1. The number of thiophene rings is 1. The SMILES string of the molecule is CC[C@H](NC(=O)c1cc(C)nc2c1c(C)nn2-c1ccc(C)cc1)c1cccs1. The van der Waals surface area contributed by atoms with Crippen LogP contribution in [-0.4, -0.2) is 20.7 Å². The van der Waals surface area contributed by atoms with Gasteiger partial charge in [0.15, 0.2) is 5.65 Å². The first-order valence-corrected chi connectivity index (χ1v) is 10.6. The molecule has 0 aliphatic carbocycles. The summed E-state index contributed by atoms with van der Waals surface area (Å²) in [7, 11) is 0. The molecule has 1 aromatic carbocycles. The lowest BCUT2D eigenvalue weighted by Crippen LogP contribution is -2.28. The van der Waals surface area contributed by atoms with Gasteiger partial charge in [-0.2, -0.15) is 5.10 Å². The highest BCUT2D eigenvalue weighted by atomic mass is 32.1. The van der Waals surface area contributed by atoms with E-state index in [1.807, 2.05) is 48.2 Å². The molecule has 0 fully saturated rings. The third kappa shape index (κ3) is 3.68. The smallest absolute Gasteiger partial charge is 0.252 e. The first-order chi connectivity index (χ1) is 14.0. The molecule has 148 valence electrons. The van der Waals surface area contributed by atoms with Crippen molar-refractivity contribution < 1.29 is 4.79 Å². The van der Waals surface area contributed by atoms with E-state index in [0.29, 0.717) is 11.2 Å². The van der Waals surface area contributed by atoms with Crippen LogP contribution >= 0.6 is 11.3 Å². The molecule has 3 aromatic heterocycles. The number of fused-ring (bicyclic) bond motifs is 1. The number of aryl methyl sites for hydroxylation is 3. The monoisotopic (exact) mass is 404 g/mol. The van der Waals surface area contributed by atoms with Gasteiger partial charge >= 0.3 is 0 Å². The topological polar surface area (TPSA) is 59.8 Å². The molecule has 1 N–H and O–H groups in total. The molecule has 0 saturated carbocycles. The molecule has 0 saturated heterocycles. The number of rotatable bonds is 5. The normalized spacial score (nSPS) is 12.3. The van der Waals surface area contributed by atoms with Crippen LogP contribution in [-0.2, 0) is 0 Å². The molecule has 0 spiro atoms. The number of hydrogen-bond donors (Lipinski definition) is 1. The van der Waals surface area contributed by atoms with Crippen LogP contribution < -0.4 is 5.32 Å². The van der Waals surface area contributed by atoms with E-state index >= 15 is 0 Å². The summed E-state index contributed by atoms with van der Waals surface area (Å²) in [6.07, 6.45) is 0.834. The average molecular weight is 405 g/mol. The Hall–Kier alpha value is -2.99. The van der Waals surface area contributed by atoms with Gasteiger partial charge < -0.3 is 5.32 Å². The molecule has 4 aromatic rings. The van der Waals surface area contributed by atoms with Gasteiger partial charge in [0.25, 0.3) is 5.91 Å². The van der Waals surface area contributed by atoms with Gasteiger partial charge in [0.2, 0.25) is 0 Å². The minimum absolute atomic E-state index is 0.00142. The van der Waals surface area contributed by atoms with Crippen molar-refractivity contribution >= 4 is 28.3 Å². The van der Waals surface area contributed by atoms with Gasteiger partial charge in [-0.05, 0) is 56.8 Å². The third-order valence-electron chi connectivity index (χ3n) is 5.06. The highest BCUT2D eigenvalue weighted by Crippen LogP contribution is 2.27. The maximum atomic E-state index is 13.2. The Bertz CT molecular complexity index is 1160. The number of amides is 1. The molecule has 0 unspecified atom stereocenters. The lowest BCUT2D eigenvalue weighted by Gasteiger charge is -2.16. The zero-order valence-corrected chi connectivity index (χ0v) is 17.9. The number of pyridine rings is 1. The fraction of sp³-hybridized carbons (Fsp3) is 0.261. The summed E-state index contributed by atoms with van der Waals surface area (Å²) in [5.74, 6) is -0.0905. The Kier molecular flexibility index (Phi) is 5.20. The minimum Gasteiger partial charge on any atom is -0.344 e. The van der Waals surface area contributed by atoms with E-state index in [9.17, 15) is 4.79 Å². The lowest BCUT2D eigenvalue weighted by molar-refractivity contribution is 0.0937. The molecular formula is C23H24N4OS. The van der Waals surface area contributed by atoms with E-state index in [1.165, 1.54) is 5.56 Å². The van der Waals surface area contributed by atoms with Gasteiger partial charge in [-0.15, -0.1) is 11.3 Å². The van der Waals surface area contributed by atoms with Gasteiger partial charge in [0.1, 0.15) is 0 Å². The van der Waals surface area contributed by atoms with Gasteiger partial charge in [0.05, 0.1) is 28.4 Å². The van der Waals surface area contributed by atoms with Crippen molar-refractivity contribution in [3.8, 4) is 5.69 Å². The predicted octanol–water partition coefficient (Wildman–Crippen LogP) is 5.29. The van der Waals surface area contributed by atoms with Crippen LogP contribution in [0.25, 0.3) is 16.7 Å². The second kappa shape index (κ2) is 7.79. The molecule has 0 radical (unpaired) electrons. The summed E-state index contributed by atoms with van der Waals surface area (Å²) in [5.41, 5.74) is 5.04. The Morgan fingerprint density at radius 1 is 1.17 bits per heavy atom. The number of nitrogens with zero attached hydrogens (tertiary/aromatic N) is 3. The van der Waals surface area contributed by atoms with Gasteiger partial charge in [-0.3, -0.25) is 4.79 Å². The first kappa shape index (κ1) is 19.3. The summed E-state index contributed by atoms with van der Waals surface area (Å²) >= 11 is 1.66. The maximum Gasteiger partial charge on any atom is 0.252 e. The average Bonchev–Trinajstić information content (AvgIpc) is 3.34. The zero-order chi connectivity index (χ0) is 20.5. The van der Waals surface area contributed by atoms with E-state index in [2.05, 4.69) is 37.4 Å². The van der Waals surface area contributed by atoms with Crippen molar-refractivity contribution in [2.75, 3.05) is 0 Å². The van der Waals surface area contributed by atoms with Crippen molar-refractivity contribution in [1.29, 1.82) is 0 Å². The highest BCUT2D eigenvalue weighted by molar-refractivity contribution is 7.10.